The Bertz CT molecular complexity index is 365. The first-order valence-electron chi connectivity index (χ1n) is 6.83. The first kappa shape index (κ1) is 15.8. The van der Waals surface area contributed by atoms with Gasteiger partial charge in [0.1, 0.15) is 11.6 Å². The van der Waals surface area contributed by atoms with E-state index in [1.54, 1.807) is 6.20 Å². The van der Waals surface area contributed by atoms with Crippen LogP contribution in [0.15, 0.2) is 11.8 Å². The van der Waals surface area contributed by atoms with E-state index in [2.05, 4.69) is 24.1 Å². The highest BCUT2D eigenvalue weighted by Gasteiger charge is 2.23. The van der Waals surface area contributed by atoms with Crippen LogP contribution in [0.2, 0.25) is 0 Å². The van der Waals surface area contributed by atoms with Gasteiger partial charge in [-0.1, -0.05) is 0 Å². The average Bonchev–Trinajstić information content (AvgIpc) is 2.38. The Labute approximate surface area is 120 Å². The molecule has 5 heteroatoms. The fourth-order valence-electron chi connectivity index (χ4n) is 2.35. The van der Waals surface area contributed by atoms with Crippen LogP contribution in [0.5, 0.6) is 0 Å². The molecule has 2 unspecified atom stereocenters. The predicted octanol–water partition coefficient (Wildman–Crippen LogP) is 2.40. The van der Waals surface area contributed by atoms with Gasteiger partial charge in [0.15, 0.2) is 0 Å². The molecular weight excluding hydrogens is 262 g/mol. The summed E-state index contributed by atoms with van der Waals surface area (Å²) in [6.45, 7) is 4.77. The molecule has 0 bridgehead atoms. The number of nitrogens with zero attached hydrogens (tertiary/aromatic N) is 2. The van der Waals surface area contributed by atoms with Crippen molar-refractivity contribution in [3.05, 3.63) is 11.8 Å². The van der Waals surface area contributed by atoms with Crippen molar-refractivity contribution in [3.8, 4) is 6.07 Å². The van der Waals surface area contributed by atoms with Crippen LogP contribution in [0.3, 0.4) is 0 Å². The van der Waals surface area contributed by atoms with E-state index in [-0.39, 0.29) is 11.5 Å². The van der Waals surface area contributed by atoms with Crippen molar-refractivity contribution in [1.29, 1.82) is 5.26 Å². The standard InChI is InChI=1S/C14H22ClN3O/c1-11-5-3-6-12(2)18(11)10-13(9-16)14(19)17-8-4-7-15/h10-12H,3-8H2,1-2H3,(H,17,19)/b13-10-. The van der Waals surface area contributed by atoms with Crippen molar-refractivity contribution >= 4 is 17.5 Å². The minimum atomic E-state index is -0.308. The van der Waals surface area contributed by atoms with Gasteiger partial charge < -0.3 is 10.2 Å². The molecular formula is C14H22ClN3O. The van der Waals surface area contributed by atoms with E-state index in [9.17, 15) is 4.79 Å². The highest BCUT2D eigenvalue weighted by molar-refractivity contribution is 6.17. The molecule has 0 aromatic heterocycles. The molecule has 0 radical (unpaired) electrons. The van der Waals surface area contributed by atoms with Gasteiger partial charge >= 0.3 is 0 Å². The van der Waals surface area contributed by atoms with Crippen molar-refractivity contribution in [2.24, 2.45) is 0 Å². The molecule has 1 rings (SSSR count). The fraction of sp³-hybridized carbons (Fsp3) is 0.714. The van der Waals surface area contributed by atoms with Crippen molar-refractivity contribution in [2.45, 2.75) is 51.6 Å². The second kappa shape index (κ2) is 8.06. The highest BCUT2D eigenvalue weighted by atomic mass is 35.5. The van der Waals surface area contributed by atoms with Gasteiger partial charge in [-0.2, -0.15) is 5.26 Å². The molecule has 0 aromatic rings. The third-order valence-corrected chi connectivity index (χ3v) is 3.77. The molecule has 0 aliphatic carbocycles. The van der Waals surface area contributed by atoms with Crippen molar-refractivity contribution in [1.82, 2.24) is 10.2 Å². The molecule has 19 heavy (non-hydrogen) atoms. The topological polar surface area (TPSA) is 56.1 Å². The molecule has 1 aliphatic heterocycles. The van der Waals surface area contributed by atoms with Gasteiger partial charge in [-0.3, -0.25) is 4.79 Å². The number of halogens is 1. The van der Waals surface area contributed by atoms with Crippen molar-refractivity contribution in [3.63, 3.8) is 0 Å². The van der Waals surface area contributed by atoms with Gasteiger partial charge in [-0.25, -0.2) is 0 Å². The first-order chi connectivity index (χ1) is 9.10. The first-order valence-corrected chi connectivity index (χ1v) is 7.37. The molecule has 106 valence electrons. The smallest absolute Gasteiger partial charge is 0.263 e. The second-order valence-corrected chi connectivity index (χ2v) is 5.41. The number of nitrogens with one attached hydrogen (secondary N) is 1. The number of amides is 1. The second-order valence-electron chi connectivity index (χ2n) is 5.03. The van der Waals surface area contributed by atoms with Crippen molar-refractivity contribution < 1.29 is 4.79 Å². The Morgan fingerprint density at radius 1 is 1.47 bits per heavy atom. The van der Waals surface area contributed by atoms with E-state index >= 15 is 0 Å². The zero-order chi connectivity index (χ0) is 14.3. The van der Waals surface area contributed by atoms with E-state index < -0.39 is 0 Å². The van der Waals surface area contributed by atoms with E-state index in [4.69, 9.17) is 16.9 Å². The lowest BCUT2D eigenvalue weighted by Gasteiger charge is -2.38. The summed E-state index contributed by atoms with van der Waals surface area (Å²) in [5.74, 6) is 0.198. The SMILES string of the molecule is CC1CCCC(C)N1/C=C(/C#N)C(=O)NCCCCl. The normalized spacial score (nSPS) is 23.9. The molecule has 0 saturated carbocycles. The van der Waals surface area contributed by atoms with Crippen LogP contribution in [-0.4, -0.2) is 35.3 Å². The summed E-state index contributed by atoms with van der Waals surface area (Å²) in [6, 6.07) is 2.75. The third-order valence-electron chi connectivity index (χ3n) is 3.50. The van der Waals surface area contributed by atoms with Gasteiger partial charge in [-0.05, 0) is 39.5 Å². The van der Waals surface area contributed by atoms with Crippen LogP contribution in [0.1, 0.15) is 39.5 Å². The Hall–Kier alpha value is -1.21. The van der Waals surface area contributed by atoms with Gasteiger partial charge in [0.2, 0.25) is 0 Å². The summed E-state index contributed by atoms with van der Waals surface area (Å²) >= 11 is 5.55. The minimum Gasteiger partial charge on any atom is -0.371 e. The largest absolute Gasteiger partial charge is 0.371 e. The summed E-state index contributed by atoms with van der Waals surface area (Å²) in [6.07, 6.45) is 5.84. The van der Waals surface area contributed by atoms with E-state index in [1.165, 1.54) is 6.42 Å². The van der Waals surface area contributed by atoms with Gasteiger partial charge in [-0.15, -0.1) is 11.6 Å². The van der Waals surface area contributed by atoms with Gasteiger partial charge in [0.05, 0.1) is 0 Å². The molecule has 4 nitrogen and oxygen atoms in total. The molecule has 1 saturated heterocycles. The number of hydrogen-bond acceptors (Lipinski definition) is 3. The van der Waals surface area contributed by atoms with Crippen LogP contribution in [0.25, 0.3) is 0 Å². The quantitative estimate of drug-likeness (QED) is 0.365. The summed E-state index contributed by atoms with van der Waals surface area (Å²) in [7, 11) is 0. The number of piperidine rings is 1. The van der Waals surface area contributed by atoms with Gasteiger partial charge in [0, 0.05) is 30.7 Å². The Kier molecular flexibility index (Phi) is 6.72. The highest BCUT2D eigenvalue weighted by Crippen LogP contribution is 2.23. The molecule has 0 spiro atoms. The van der Waals surface area contributed by atoms with Crippen LogP contribution in [0.4, 0.5) is 0 Å². The van der Waals surface area contributed by atoms with E-state index in [0.29, 0.717) is 30.9 Å². The lowest BCUT2D eigenvalue weighted by Crippen LogP contribution is -2.40. The number of hydrogen-bond donors (Lipinski definition) is 1. The van der Waals surface area contributed by atoms with Crippen LogP contribution >= 0.6 is 11.6 Å². The molecule has 2 atom stereocenters. The summed E-state index contributed by atoms with van der Waals surface area (Å²) in [4.78, 5) is 14.0. The Morgan fingerprint density at radius 3 is 2.63 bits per heavy atom. The lowest BCUT2D eigenvalue weighted by atomic mass is 9.98. The molecule has 1 fully saturated rings. The third kappa shape index (κ3) is 4.76. The zero-order valence-electron chi connectivity index (χ0n) is 11.7. The Balaban J connectivity index is 2.69. The molecule has 1 aliphatic rings. The minimum absolute atomic E-state index is 0.176. The summed E-state index contributed by atoms with van der Waals surface area (Å²) in [5.41, 5.74) is 0.176. The molecule has 1 heterocycles. The van der Waals surface area contributed by atoms with Crippen LogP contribution < -0.4 is 5.32 Å². The number of alkyl halides is 1. The number of carbonyl (C=O) groups is 1. The zero-order valence-corrected chi connectivity index (χ0v) is 12.4. The maximum Gasteiger partial charge on any atom is 0.263 e. The number of rotatable bonds is 5. The van der Waals surface area contributed by atoms with Crippen LogP contribution in [-0.2, 0) is 4.79 Å². The number of nitriles is 1. The van der Waals surface area contributed by atoms with Gasteiger partial charge in [0.25, 0.3) is 5.91 Å². The average molecular weight is 284 g/mol. The molecule has 1 N–H and O–H groups in total. The van der Waals surface area contributed by atoms with E-state index in [0.717, 1.165) is 12.8 Å². The number of likely N-dealkylation sites (tertiary alicyclic amines) is 1. The van der Waals surface area contributed by atoms with E-state index in [1.807, 2.05) is 6.07 Å². The van der Waals surface area contributed by atoms with Crippen LogP contribution in [0, 0.1) is 11.3 Å². The molecule has 1 amide bonds. The monoisotopic (exact) mass is 283 g/mol. The Morgan fingerprint density at radius 2 is 2.11 bits per heavy atom. The number of carbonyl (C=O) groups excluding carboxylic acids is 1. The fourth-order valence-corrected chi connectivity index (χ4v) is 2.48. The summed E-state index contributed by atoms with van der Waals surface area (Å²) in [5, 5.41) is 11.8. The lowest BCUT2D eigenvalue weighted by molar-refractivity contribution is -0.117. The van der Waals surface area contributed by atoms with Crippen molar-refractivity contribution in [2.75, 3.05) is 12.4 Å². The maximum atomic E-state index is 11.9. The summed E-state index contributed by atoms with van der Waals surface area (Å²) < 4.78 is 0. The molecule has 0 aromatic carbocycles. The maximum absolute atomic E-state index is 11.9. The predicted molar refractivity (Wildman–Crippen MR) is 76.7 cm³/mol.